The molecule has 1 N–H and O–H groups in total. The molecule has 0 radical (unpaired) electrons. The van der Waals surface area contributed by atoms with Crippen LogP contribution < -0.4 is 5.32 Å². The fourth-order valence-corrected chi connectivity index (χ4v) is 0.984. The van der Waals surface area contributed by atoms with Crippen LogP contribution in [0.15, 0.2) is 10.6 Å². The lowest BCUT2D eigenvalue weighted by Crippen LogP contribution is -1.99. The first-order valence-electron chi connectivity index (χ1n) is 4.10. The monoisotopic (exact) mass is 152 g/mol. The SMILES string of the molecule is CCc1cc(NC2CC2)no1. The number of hydrogen-bond donors (Lipinski definition) is 1. The molecule has 1 aromatic rings. The van der Waals surface area contributed by atoms with Gasteiger partial charge in [0.05, 0.1) is 0 Å². The van der Waals surface area contributed by atoms with E-state index in [0.29, 0.717) is 6.04 Å². The Hall–Kier alpha value is -0.990. The van der Waals surface area contributed by atoms with E-state index >= 15 is 0 Å². The van der Waals surface area contributed by atoms with Gasteiger partial charge in [0.15, 0.2) is 5.82 Å². The van der Waals surface area contributed by atoms with E-state index in [2.05, 4.69) is 17.4 Å². The summed E-state index contributed by atoms with van der Waals surface area (Å²) in [5, 5.41) is 7.15. The second-order valence-corrected chi connectivity index (χ2v) is 2.95. The number of nitrogens with one attached hydrogen (secondary N) is 1. The van der Waals surface area contributed by atoms with Crippen LogP contribution in [0.3, 0.4) is 0 Å². The zero-order chi connectivity index (χ0) is 7.68. The van der Waals surface area contributed by atoms with E-state index in [0.717, 1.165) is 18.0 Å². The van der Waals surface area contributed by atoms with Gasteiger partial charge >= 0.3 is 0 Å². The quantitative estimate of drug-likeness (QED) is 0.717. The first-order valence-corrected chi connectivity index (χ1v) is 4.10. The predicted octanol–water partition coefficient (Wildman–Crippen LogP) is 1.81. The number of aryl methyl sites for hydroxylation is 1. The molecule has 11 heavy (non-hydrogen) atoms. The van der Waals surface area contributed by atoms with Crippen LogP contribution in [-0.2, 0) is 6.42 Å². The highest BCUT2D eigenvalue weighted by Gasteiger charge is 2.21. The van der Waals surface area contributed by atoms with E-state index in [-0.39, 0.29) is 0 Å². The van der Waals surface area contributed by atoms with Crippen molar-refractivity contribution < 1.29 is 4.52 Å². The molecule has 0 spiro atoms. The third kappa shape index (κ3) is 1.53. The van der Waals surface area contributed by atoms with E-state index < -0.39 is 0 Å². The molecular formula is C8H12N2O. The van der Waals surface area contributed by atoms with Crippen molar-refractivity contribution in [2.45, 2.75) is 32.2 Å². The lowest BCUT2D eigenvalue weighted by atomic mass is 10.3. The van der Waals surface area contributed by atoms with Crippen LogP contribution in [0.5, 0.6) is 0 Å². The second kappa shape index (κ2) is 2.57. The van der Waals surface area contributed by atoms with Crippen LogP contribution in [0.2, 0.25) is 0 Å². The van der Waals surface area contributed by atoms with Crippen molar-refractivity contribution in [2.24, 2.45) is 0 Å². The van der Waals surface area contributed by atoms with Crippen LogP contribution in [0.4, 0.5) is 5.82 Å². The van der Waals surface area contributed by atoms with Gasteiger partial charge in [-0.25, -0.2) is 0 Å². The zero-order valence-corrected chi connectivity index (χ0v) is 6.63. The molecule has 0 aromatic carbocycles. The summed E-state index contributed by atoms with van der Waals surface area (Å²) in [6.07, 6.45) is 3.46. The fraction of sp³-hybridized carbons (Fsp3) is 0.625. The Balaban J connectivity index is 1.99. The molecule has 1 aliphatic carbocycles. The van der Waals surface area contributed by atoms with Crippen molar-refractivity contribution in [1.29, 1.82) is 0 Å². The number of anilines is 1. The average molecular weight is 152 g/mol. The van der Waals surface area contributed by atoms with Gasteiger partial charge in [-0.1, -0.05) is 12.1 Å². The number of aromatic nitrogens is 1. The average Bonchev–Trinajstić information content (AvgIpc) is 2.68. The highest BCUT2D eigenvalue weighted by atomic mass is 16.5. The molecule has 1 saturated carbocycles. The van der Waals surface area contributed by atoms with Crippen LogP contribution in [0, 0.1) is 0 Å². The van der Waals surface area contributed by atoms with Crippen LogP contribution in [0.25, 0.3) is 0 Å². The van der Waals surface area contributed by atoms with E-state index in [1.165, 1.54) is 12.8 Å². The summed E-state index contributed by atoms with van der Waals surface area (Å²) in [5.41, 5.74) is 0. The standard InChI is InChI=1S/C8H12N2O/c1-2-7-5-8(10-11-7)9-6-3-4-6/h5-6H,2-4H2,1H3,(H,9,10). The van der Waals surface area contributed by atoms with E-state index in [9.17, 15) is 0 Å². The molecule has 1 aliphatic rings. The molecule has 3 nitrogen and oxygen atoms in total. The summed E-state index contributed by atoms with van der Waals surface area (Å²) >= 11 is 0. The van der Waals surface area contributed by atoms with Crippen LogP contribution in [-0.4, -0.2) is 11.2 Å². The van der Waals surface area contributed by atoms with E-state index in [4.69, 9.17) is 4.52 Å². The second-order valence-electron chi connectivity index (χ2n) is 2.95. The number of nitrogens with zero attached hydrogens (tertiary/aromatic N) is 1. The molecule has 60 valence electrons. The van der Waals surface area contributed by atoms with Gasteiger partial charge in [0.1, 0.15) is 5.76 Å². The molecular weight excluding hydrogens is 140 g/mol. The minimum absolute atomic E-state index is 0.657. The third-order valence-electron chi connectivity index (χ3n) is 1.84. The third-order valence-corrected chi connectivity index (χ3v) is 1.84. The lowest BCUT2D eigenvalue weighted by molar-refractivity contribution is 0.389. The van der Waals surface area contributed by atoms with Crippen LogP contribution >= 0.6 is 0 Å². The van der Waals surface area contributed by atoms with Gasteiger partial charge in [-0.05, 0) is 12.8 Å². The fourth-order valence-electron chi connectivity index (χ4n) is 0.984. The van der Waals surface area contributed by atoms with Gasteiger partial charge in [-0.3, -0.25) is 0 Å². The first-order chi connectivity index (χ1) is 5.38. The van der Waals surface area contributed by atoms with Crippen molar-refractivity contribution in [3.8, 4) is 0 Å². The molecule has 0 unspecified atom stereocenters. The van der Waals surface area contributed by atoms with Gasteiger partial charge in [-0.15, -0.1) is 0 Å². The van der Waals surface area contributed by atoms with Crippen molar-refractivity contribution in [1.82, 2.24) is 5.16 Å². The highest BCUT2D eigenvalue weighted by molar-refractivity contribution is 5.36. The van der Waals surface area contributed by atoms with E-state index in [1.54, 1.807) is 0 Å². The van der Waals surface area contributed by atoms with Gasteiger partial charge in [0.25, 0.3) is 0 Å². The van der Waals surface area contributed by atoms with Gasteiger partial charge < -0.3 is 9.84 Å². The van der Waals surface area contributed by atoms with Crippen molar-refractivity contribution in [3.63, 3.8) is 0 Å². The minimum atomic E-state index is 0.657. The van der Waals surface area contributed by atoms with Gasteiger partial charge in [0.2, 0.25) is 0 Å². The Morgan fingerprint density at radius 2 is 2.55 bits per heavy atom. The largest absolute Gasteiger partial charge is 0.365 e. The summed E-state index contributed by atoms with van der Waals surface area (Å²) in [7, 11) is 0. The maximum atomic E-state index is 5.03. The summed E-state index contributed by atoms with van der Waals surface area (Å²) in [6, 6.07) is 2.63. The maximum Gasteiger partial charge on any atom is 0.169 e. The molecule has 1 fully saturated rings. The highest BCUT2D eigenvalue weighted by Crippen LogP contribution is 2.24. The molecule has 1 heterocycles. The Labute approximate surface area is 65.8 Å². The summed E-state index contributed by atoms with van der Waals surface area (Å²) < 4.78 is 5.03. The van der Waals surface area contributed by atoms with E-state index in [1.807, 2.05) is 6.07 Å². The lowest BCUT2D eigenvalue weighted by Gasteiger charge is -1.93. The molecule has 0 aliphatic heterocycles. The molecule has 0 bridgehead atoms. The zero-order valence-electron chi connectivity index (χ0n) is 6.63. The smallest absolute Gasteiger partial charge is 0.169 e. The Kier molecular flexibility index (Phi) is 1.56. The van der Waals surface area contributed by atoms with Crippen molar-refractivity contribution >= 4 is 5.82 Å². The van der Waals surface area contributed by atoms with Crippen LogP contribution in [0.1, 0.15) is 25.5 Å². The topological polar surface area (TPSA) is 38.1 Å². The predicted molar refractivity (Wildman–Crippen MR) is 42.5 cm³/mol. The first kappa shape index (κ1) is 6.70. The molecule has 2 rings (SSSR count). The molecule has 0 atom stereocenters. The minimum Gasteiger partial charge on any atom is -0.365 e. The summed E-state index contributed by atoms with van der Waals surface area (Å²) in [4.78, 5) is 0. The molecule has 0 amide bonds. The van der Waals surface area contributed by atoms with Gasteiger partial charge in [-0.2, -0.15) is 0 Å². The maximum absolute atomic E-state index is 5.03. The van der Waals surface area contributed by atoms with Crippen molar-refractivity contribution in [2.75, 3.05) is 5.32 Å². The Bertz CT molecular complexity index is 240. The Morgan fingerprint density at radius 3 is 3.09 bits per heavy atom. The molecule has 1 aromatic heterocycles. The molecule has 3 heteroatoms. The van der Waals surface area contributed by atoms with Gasteiger partial charge in [0, 0.05) is 18.5 Å². The normalized spacial score (nSPS) is 16.8. The number of rotatable bonds is 3. The Morgan fingerprint density at radius 1 is 1.73 bits per heavy atom. The molecule has 0 saturated heterocycles. The van der Waals surface area contributed by atoms with Crippen molar-refractivity contribution in [3.05, 3.63) is 11.8 Å². The summed E-state index contributed by atoms with van der Waals surface area (Å²) in [6.45, 7) is 2.06. The number of hydrogen-bond acceptors (Lipinski definition) is 3. The summed E-state index contributed by atoms with van der Waals surface area (Å²) in [5.74, 6) is 1.84.